The topological polar surface area (TPSA) is 37.0 Å². The first-order chi connectivity index (χ1) is 9.20. The Balaban J connectivity index is 2.01. The van der Waals surface area contributed by atoms with E-state index in [1.165, 1.54) is 25.7 Å². The van der Waals surface area contributed by atoms with Crippen LogP contribution in [0.2, 0.25) is 10.0 Å². The van der Waals surface area contributed by atoms with Crippen molar-refractivity contribution in [3.8, 4) is 0 Å². The molecule has 0 aromatic carbocycles. The molecule has 1 aliphatic rings. The number of anilines is 2. The molecule has 1 heterocycles. The minimum Gasteiger partial charge on any atom is -0.369 e. The van der Waals surface area contributed by atoms with Gasteiger partial charge in [-0.15, -0.1) is 0 Å². The summed E-state index contributed by atoms with van der Waals surface area (Å²) in [6.07, 6.45) is 6.33. The zero-order valence-electron chi connectivity index (χ0n) is 11.3. The normalized spacial score (nSPS) is 15.7. The number of pyridine rings is 1. The smallest absolute Gasteiger partial charge is 0.147 e. The molecule has 1 aromatic heterocycles. The second-order valence-electron chi connectivity index (χ2n) is 5.11. The summed E-state index contributed by atoms with van der Waals surface area (Å²) in [5, 5.41) is 7.74. The molecule has 5 heteroatoms. The van der Waals surface area contributed by atoms with Crippen LogP contribution in [-0.2, 0) is 0 Å². The Morgan fingerprint density at radius 2 is 1.79 bits per heavy atom. The zero-order chi connectivity index (χ0) is 13.7. The Hall–Kier alpha value is -0.670. The van der Waals surface area contributed by atoms with E-state index >= 15 is 0 Å². The molecule has 0 saturated heterocycles. The van der Waals surface area contributed by atoms with E-state index in [0.29, 0.717) is 15.9 Å². The van der Waals surface area contributed by atoms with Gasteiger partial charge in [0.05, 0.1) is 10.0 Å². The summed E-state index contributed by atoms with van der Waals surface area (Å²) in [5.41, 5.74) is 0. The predicted octanol–water partition coefficient (Wildman–Crippen LogP) is 4.81. The molecule has 0 bridgehead atoms. The van der Waals surface area contributed by atoms with Gasteiger partial charge in [0.15, 0.2) is 0 Å². The maximum atomic E-state index is 6.18. The zero-order valence-corrected chi connectivity index (χ0v) is 12.8. The van der Waals surface area contributed by atoms with E-state index in [1.807, 2.05) is 0 Å². The second-order valence-corrected chi connectivity index (χ2v) is 5.92. The van der Waals surface area contributed by atoms with Crippen LogP contribution >= 0.6 is 23.2 Å². The van der Waals surface area contributed by atoms with Crippen molar-refractivity contribution < 1.29 is 0 Å². The summed E-state index contributed by atoms with van der Waals surface area (Å²) in [7, 11) is 0. The second kappa shape index (κ2) is 7.20. The van der Waals surface area contributed by atoms with Gasteiger partial charge >= 0.3 is 0 Å². The van der Waals surface area contributed by atoms with E-state index in [1.54, 1.807) is 6.07 Å². The molecule has 0 amide bonds. The lowest BCUT2D eigenvalue weighted by Gasteiger charge is -2.14. The minimum absolute atomic E-state index is 0.574. The Labute approximate surface area is 125 Å². The SMILES string of the molecule is CCCNc1nc(NCC2CCCC2)c(Cl)cc1Cl. The molecule has 106 valence electrons. The van der Waals surface area contributed by atoms with E-state index in [0.717, 1.165) is 31.2 Å². The maximum absolute atomic E-state index is 6.18. The Morgan fingerprint density at radius 3 is 2.42 bits per heavy atom. The number of aromatic nitrogens is 1. The van der Waals surface area contributed by atoms with Crippen molar-refractivity contribution in [1.29, 1.82) is 0 Å². The summed E-state index contributed by atoms with van der Waals surface area (Å²) in [4.78, 5) is 4.48. The van der Waals surface area contributed by atoms with Crippen LogP contribution in [0.5, 0.6) is 0 Å². The molecular formula is C14H21Cl2N3. The average Bonchev–Trinajstić information content (AvgIpc) is 2.90. The van der Waals surface area contributed by atoms with Crippen LogP contribution in [0.15, 0.2) is 6.07 Å². The molecule has 2 N–H and O–H groups in total. The highest BCUT2D eigenvalue weighted by molar-refractivity contribution is 6.37. The van der Waals surface area contributed by atoms with Crippen molar-refractivity contribution in [1.82, 2.24) is 4.98 Å². The monoisotopic (exact) mass is 301 g/mol. The summed E-state index contributed by atoms with van der Waals surface area (Å²) in [5.74, 6) is 2.19. The van der Waals surface area contributed by atoms with Crippen LogP contribution in [0.25, 0.3) is 0 Å². The molecule has 0 aliphatic heterocycles. The van der Waals surface area contributed by atoms with Gasteiger partial charge in [-0.25, -0.2) is 4.98 Å². The van der Waals surface area contributed by atoms with Crippen molar-refractivity contribution in [2.24, 2.45) is 5.92 Å². The molecular weight excluding hydrogens is 281 g/mol. The van der Waals surface area contributed by atoms with E-state index in [9.17, 15) is 0 Å². The lowest BCUT2D eigenvalue weighted by atomic mass is 10.1. The van der Waals surface area contributed by atoms with E-state index in [4.69, 9.17) is 23.2 Å². The molecule has 3 nitrogen and oxygen atoms in total. The number of nitrogens with zero attached hydrogens (tertiary/aromatic N) is 1. The molecule has 19 heavy (non-hydrogen) atoms. The van der Waals surface area contributed by atoms with Gasteiger partial charge in [-0.1, -0.05) is 43.0 Å². The van der Waals surface area contributed by atoms with Crippen molar-refractivity contribution in [3.05, 3.63) is 16.1 Å². The lowest BCUT2D eigenvalue weighted by molar-refractivity contribution is 0.579. The third-order valence-electron chi connectivity index (χ3n) is 3.50. The number of halogens is 2. The summed E-state index contributed by atoms with van der Waals surface area (Å²) < 4.78 is 0. The van der Waals surface area contributed by atoms with Crippen LogP contribution in [-0.4, -0.2) is 18.1 Å². The molecule has 0 radical (unpaired) electrons. The molecule has 1 aliphatic carbocycles. The minimum atomic E-state index is 0.574. The van der Waals surface area contributed by atoms with Gasteiger partial charge in [-0.05, 0) is 31.2 Å². The van der Waals surface area contributed by atoms with Crippen LogP contribution in [0, 0.1) is 5.92 Å². The number of nitrogens with one attached hydrogen (secondary N) is 2. The van der Waals surface area contributed by atoms with Gasteiger partial charge in [0.25, 0.3) is 0 Å². The van der Waals surface area contributed by atoms with Crippen molar-refractivity contribution in [2.45, 2.75) is 39.0 Å². The summed E-state index contributed by atoms with van der Waals surface area (Å²) in [6.45, 7) is 3.91. The average molecular weight is 302 g/mol. The highest BCUT2D eigenvalue weighted by Gasteiger charge is 2.16. The van der Waals surface area contributed by atoms with Gasteiger partial charge in [0.1, 0.15) is 11.6 Å². The molecule has 0 unspecified atom stereocenters. The van der Waals surface area contributed by atoms with Crippen LogP contribution in [0.3, 0.4) is 0 Å². The van der Waals surface area contributed by atoms with E-state index < -0.39 is 0 Å². The molecule has 1 aromatic rings. The number of hydrogen-bond donors (Lipinski definition) is 2. The maximum Gasteiger partial charge on any atom is 0.147 e. The first-order valence-corrected chi connectivity index (χ1v) is 7.80. The third kappa shape index (κ3) is 4.15. The fourth-order valence-electron chi connectivity index (χ4n) is 2.41. The fourth-order valence-corrected chi connectivity index (χ4v) is 2.91. The van der Waals surface area contributed by atoms with Gasteiger partial charge in [0, 0.05) is 13.1 Å². The van der Waals surface area contributed by atoms with Gasteiger partial charge in [0.2, 0.25) is 0 Å². The quantitative estimate of drug-likeness (QED) is 0.791. The third-order valence-corrected chi connectivity index (χ3v) is 4.08. The van der Waals surface area contributed by atoms with Gasteiger partial charge in [-0.3, -0.25) is 0 Å². The van der Waals surface area contributed by atoms with Gasteiger partial charge in [-0.2, -0.15) is 0 Å². The van der Waals surface area contributed by atoms with Crippen molar-refractivity contribution in [3.63, 3.8) is 0 Å². The molecule has 0 atom stereocenters. The predicted molar refractivity (Wildman–Crippen MR) is 83.5 cm³/mol. The van der Waals surface area contributed by atoms with E-state index in [2.05, 4.69) is 22.5 Å². The van der Waals surface area contributed by atoms with Crippen LogP contribution in [0.4, 0.5) is 11.6 Å². The fraction of sp³-hybridized carbons (Fsp3) is 0.643. The lowest BCUT2D eigenvalue weighted by Crippen LogP contribution is -2.13. The molecule has 0 spiro atoms. The van der Waals surface area contributed by atoms with Crippen LogP contribution < -0.4 is 10.6 Å². The Bertz CT molecular complexity index is 417. The van der Waals surface area contributed by atoms with Crippen LogP contribution in [0.1, 0.15) is 39.0 Å². The standard InChI is InChI=1S/C14H21Cl2N3/c1-2-7-17-13-11(15)8-12(16)14(19-13)18-9-10-5-3-4-6-10/h8,10H,2-7,9H2,1H3,(H2,17,18,19). The Morgan fingerprint density at radius 1 is 1.16 bits per heavy atom. The highest BCUT2D eigenvalue weighted by atomic mass is 35.5. The van der Waals surface area contributed by atoms with Crippen molar-refractivity contribution >= 4 is 34.8 Å². The molecule has 1 fully saturated rings. The number of hydrogen-bond acceptors (Lipinski definition) is 3. The van der Waals surface area contributed by atoms with E-state index in [-0.39, 0.29) is 0 Å². The largest absolute Gasteiger partial charge is 0.369 e. The number of rotatable bonds is 6. The summed E-state index contributed by atoms with van der Waals surface area (Å²) in [6, 6.07) is 1.76. The molecule has 2 rings (SSSR count). The summed E-state index contributed by atoms with van der Waals surface area (Å²) >= 11 is 12.3. The first kappa shape index (κ1) is 14.7. The Kier molecular flexibility index (Phi) is 5.59. The first-order valence-electron chi connectivity index (χ1n) is 7.04. The van der Waals surface area contributed by atoms with Gasteiger partial charge < -0.3 is 10.6 Å². The molecule has 1 saturated carbocycles. The van der Waals surface area contributed by atoms with Crippen molar-refractivity contribution in [2.75, 3.05) is 23.7 Å². The highest BCUT2D eigenvalue weighted by Crippen LogP contribution is 2.30.